The molecule has 0 amide bonds. The van der Waals surface area contributed by atoms with E-state index in [0.717, 1.165) is 33.8 Å². The van der Waals surface area contributed by atoms with Crippen molar-refractivity contribution in [3.05, 3.63) is 96.6 Å². The standard InChI is InChI=1S/C23H17N5/c24-18-13-23-21(14-20(18)26-16-7-6-12-25-15-16)27-19-10-4-5-11-22(19)28(23)17-8-2-1-3-9-17/h1-15,24,26H. The number of pyridine rings is 1. The van der Waals surface area contributed by atoms with Crippen LogP contribution < -0.4 is 10.7 Å². The molecule has 1 aliphatic heterocycles. The third kappa shape index (κ3) is 2.79. The monoisotopic (exact) mass is 363 g/mol. The highest BCUT2D eigenvalue weighted by Crippen LogP contribution is 2.29. The zero-order chi connectivity index (χ0) is 18.9. The van der Waals surface area contributed by atoms with Crippen molar-refractivity contribution in [2.45, 2.75) is 0 Å². The summed E-state index contributed by atoms with van der Waals surface area (Å²) in [4.78, 5) is 8.97. The molecule has 0 atom stereocenters. The van der Waals surface area contributed by atoms with E-state index < -0.39 is 0 Å². The fourth-order valence-corrected chi connectivity index (χ4v) is 3.40. The van der Waals surface area contributed by atoms with E-state index in [4.69, 9.17) is 10.4 Å². The van der Waals surface area contributed by atoms with Crippen molar-refractivity contribution in [1.29, 1.82) is 5.41 Å². The van der Waals surface area contributed by atoms with Gasteiger partial charge in [0.25, 0.3) is 0 Å². The van der Waals surface area contributed by atoms with E-state index >= 15 is 0 Å². The zero-order valence-corrected chi connectivity index (χ0v) is 15.0. The van der Waals surface area contributed by atoms with Crippen LogP contribution in [0.4, 0.5) is 11.4 Å². The van der Waals surface area contributed by atoms with Crippen LogP contribution in [0.15, 0.2) is 91.3 Å². The van der Waals surface area contributed by atoms with E-state index in [-0.39, 0.29) is 0 Å². The van der Waals surface area contributed by atoms with Crippen LogP contribution in [0.25, 0.3) is 28.1 Å². The maximum absolute atomic E-state index is 8.55. The Kier molecular flexibility index (Phi) is 3.84. The number of rotatable bonds is 3. The molecule has 3 aromatic rings. The number of nitrogens with zero attached hydrogens (tertiary/aromatic N) is 3. The summed E-state index contributed by atoms with van der Waals surface area (Å²) in [6, 6.07) is 25.8. The molecule has 5 rings (SSSR count). The van der Waals surface area contributed by atoms with Gasteiger partial charge < -0.3 is 9.88 Å². The van der Waals surface area contributed by atoms with Crippen molar-refractivity contribution < 1.29 is 0 Å². The fraction of sp³-hybridized carbons (Fsp3) is 0. The average Bonchev–Trinajstić information content (AvgIpc) is 2.74. The fourth-order valence-electron chi connectivity index (χ4n) is 3.40. The minimum absolute atomic E-state index is 0.401. The van der Waals surface area contributed by atoms with Gasteiger partial charge in [-0.1, -0.05) is 30.3 Å². The molecular formula is C23H17N5. The smallest absolute Gasteiger partial charge is 0.0900 e. The third-order valence-electron chi connectivity index (χ3n) is 4.67. The Hall–Kier alpha value is -3.99. The highest BCUT2D eigenvalue weighted by atomic mass is 15.0. The molecule has 5 heteroatoms. The van der Waals surface area contributed by atoms with Crippen molar-refractivity contribution in [3.8, 4) is 17.1 Å². The first-order chi connectivity index (χ1) is 13.8. The molecule has 0 unspecified atom stereocenters. The third-order valence-corrected chi connectivity index (χ3v) is 4.67. The van der Waals surface area contributed by atoms with Gasteiger partial charge in [0.1, 0.15) is 0 Å². The summed E-state index contributed by atoms with van der Waals surface area (Å²) in [7, 11) is 0. The molecule has 0 bridgehead atoms. The van der Waals surface area contributed by atoms with Gasteiger partial charge in [-0.3, -0.25) is 10.4 Å². The molecule has 134 valence electrons. The molecule has 0 fully saturated rings. The van der Waals surface area contributed by atoms with Crippen LogP contribution in [-0.4, -0.2) is 14.5 Å². The SMILES string of the molecule is N=c1cc2n(-c3ccccc3)c3ccccc3nc-2cc1Nc1cccnc1. The van der Waals surface area contributed by atoms with E-state index in [2.05, 4.69) is 33.1 Å². The van der Waals surface area contributed by atoms with Crippen molar-refractivity contribution >= 4 is 22.4 Å². The van der Waals surface area contributed by atoms with Crippen LogP contribution in [0.5, 0.6) is 0 Å². The second-order valence-corrected chi connectivity index (χ2v) is 6.52. The van der Waals surface area contributed by atoms with Crippen LogP contribution in [0.2, 0.25) is 0 Å². The second kappa shape index (κ2) is 6.63. The number of para-hydroxylation sites is 3. The number of hydrogen-bond donors (Lipinski definition) is 2. The molecule has 1 aliphatic carbocycles. The summed E-state index contributed by atoms with van der Waals surface area (Å²) in [5, 5.41) is 12.2. The molecule has 0 radical (unpaired) electrons. The van der Waals surface area contributed by atoms with Crippen molar-refractivity contribution in [3.63, 3.8) is 0 Å². The van der Waals surface area contributed by atoms with E-state index in [9.17, 15) is 0 Å². The minimum atomic E-state index is 0.401. The maximum atomic E-state index is 8.55. The Morgan fingerprint density at radius 2 is 1.68 bits per heavy atom. The van der Waals surface area contributed by atoms with Crippen LogP contribution in [0.3, 0.4) is 0 Å². The Morgan fingerprint density at radius 1 is 0.857 bits per heavy atom. The van der Waals surface area contributed by atoms with Gasteiger partial charge in [-0.15, -0.1) is 0 Å². The molecule has 2 aliphatic rings. The summed E-state index contributed by atoms with van der Waals surface area (Å²) >= 11 is 0. The molecule has 28 heavy (non-hydrogen) atoms. The highest BCUT2D eigenvalue weighted by molar-refractivity contribution is 5.84. The predicted molar refractivity (Wildman–Crippen MR) is 111 cm³/mol. The summed E-state index contributed by atoms with van der Waals surface area (Å²) < 4.78 is 2.16. The van der Waals surface area contributed by atoms with Crippen LogP contribution in [0, 0.1) is 5.41 Å². The lowest BCUT2D eigenvalue weighted by Crippen LogP contribution is -2.13. The lowest BCUT2D eigenvalue weighted by molar-refractivity contribution is 1.07. The first kappa shape index (κ1) is 16.2. The first-order valence-corrected chi connectivity index (χ1v) is 9.02. The quantitative estimate of drug-likeness (QED) is 0.455. The van der Waals surface area contributed by atoms with E-state index in [1.807, 2.05) is 60.7 Å². The molecule has 2 N–H and O–H groups in total. The Morgan fingerprint density at radius 3 is 2.50 bits per heavy atom. The van der Waals surface area contributed by atoms with Crippen LogP contribution >= 0.6 is 0 Å². The van der Waals surface area contributed by atoms with Gasteiger partial charge >= 0.3 is 0 Å². The van der Waals surface area contributed by atoms with E-state index in [1.54, 1.807) is 12.4 Å². The van der Waals surface area contributed by atoms with Gasteiger partial charge in [-0.2, -0.15) is 0 Å². The van der Waals surface area contributed by atoms with Gasteiger partial charge in [0.2, 0.25) is 0 Å². The number of benzene rings is 3. The van der Waals surface area contributed by atoms with Gasteiger partial charge in [0.05, 0.1) is 45.4 Å². The largest absolute Gasteiger partial charge is 0.352 e. The molecule has 2 aromatic carbocycles. The minimum Gasteiger partial charge on any atom is -0.352 e. The van der Waals surface area contributed by atoms with E-state index in [0.29, 0.717) is 11.0 Å². The molecule has 5 nitrogen and oxygen atoms in total. The normalized spacial score (nSPS) is 11.0. The summed E-state index contributed by atoms with van der Waals surface area (Å²) in [6.45, 7) is 0. The van der Waals surface area contributed by atoms with Gasteiger partial charge in [0, 0.05) is 11.9 Å². The maximum Gasteiger partial charge on any atom is 0.0900 e. The predicted octanol–water partition coefficient (Wildman–Crippen LogP) is 4.75. The van der Waals surface area contributed by atoms with Gasteiger partial charge in [-0.05, 0) is 48.5 Å². The summed E-state index contributed by atoms with van der Waals surface area (Å²) in [5.74, 6) is 0. The zero-order valence-electron chi connectivity index (χ0n) is 15.0. The molecule has 0 saturated carbocycles. The number of aromatic nitrogens is 3. The average molecular weight is 363 g/mol. The van der Waals surface area contributed by atoms with Crippen molar-refractivity contribution in [2.75, 3.05) is 5.32 Å². The highest BCUT2D eigenvalue weighted by Gasteiger charge is 2.15. The molecule has 0 spiro atoms. The molecule has 2 heterocycles. The second-order valence-electron chi connectivity index (χ2n) is 6.52. The van der Waals surface area contributed by atoms with Crippen LogP contribution in [0.1, 0.15) is 0 Å². The Bertz CT molecular complexity index is 1290. The molecule has 1 aromatic heterocycles. The number of nitrogens with one attached hydrogen (secondary N) is 2. The molecular weight excluding hydrogens is 346 g/mol. The summed E-state index contributed by atoms with van der Waals surface area (Å²) in [5.41, 5.74) is 6.21. The lowest BCUT2D eigenvalue weighted by Gasteiger charge is -2.20. The Balaban J connectivity index is 1.78. The lowest BCUT2D eigenvalue weighted by atomic mass is 10.1. The van der Waals surface area contributed by atoms with E-state index in [1.165, 1.54) is 0 Å². The number of anilines is 2. The van der Waals surface area contributed by atoms with Crippen LogP contribution in [-0.2, 0) is 0 Å². The summed E-state index contributed by atoms with van der Waals surface area (Å²) in [6.07, 6.45) is 3.46. The van der Waals surface area contributed by atoms with Crippen molar-refractivity contribution in [2.24, 2.45) is 0 Å². The van der Waals surface area contributed by atoms with Crippen molar-refractivity contribution in [1.82, 2.24) is 14.5 Å². The topological polar surface area (TPSA) is 66.6 Å². The molecule has 0 saturated heterocycles. The Labute approximate surface area is 161 Å². The number of hydrogen-bond acceptors (Lipinski definition) is 4. The van der Waals surface area contributed by atoms with Gasteiger partial charge in [0.15, 0.2) is 0 Å². The number of fused-ring (bicyclic) bond motifs is 2. The van der Waals surface area contributed by atoms with Gasteiger partial charge in [-0.25, -0.2) is 4.98 Å². The first-order valence-electron chi connectivity index (χ1n) is 9.02.